The van der Waals surface area contributed by atoms with Crippen LogP contribution in [0, 0.1) is 17.0 Å². The number of hydrogen-bond donors (Lipinski definition) is 1. The third-order valence-corrected chi connectivity index (χ3v) is 3.55. The van der Waals surface area contributed by atoms with Crippen LogP contribution in [0.25, 0.3) is 10.2 Å². The van der Waals surface area contributed by atoms with Gasteiger partial charge in [-0.25, -0.2) is 9.78 Å². The molecule has 2 aromatic heterocycles. The summed E-state index contributed by atoms with van der Waals surface area (Å²) in [6, 6.07) is 0. The van der Waals surface area contributed by atoms with Crippen LogP contribution in [0.1, 0.15) is 23.1 Å². The van der Waals surface area contributed by atoms with Crippen LogP contribution in [0.2, 0.25) is 0 Å². The summed E-state index contributed by atoms with van der Waals surface area (Å²) < 4.78 is 4.72. The van der Waals surface area contributed by atoms with Crippen LogP contribution in [-0.4, -0.2) is 27.5 Å². The van der Waals surface area contributed by atoms with Gasteiger partial charge in [0.05, 0.1) is 22.5 Å². The highest BCUT2D eigenvalue weighted by Crippen LogP contribution is 2.33. The van der Waals surface area contributed by atoms with Crippen LogP contribution in [0.4, 0.5) is 5.00 Å². The number of nitrogens with zero attached hydrogens (tertiary/aromatic N) is 2. The number of aromatic amines is 1. The van der Waals surface area contributed by atoms with E-state index in [0.717, 1.165) is 11.3 Å². The molecule has 19 heavy (non-hydrogen) atoms. The van der Waals surface area contributed by atoms with Crippen molar-refractivity contribution in [1.29, 1.82) is 0 Å². The molecule has 0 saturated heterocycles. The number of rotatable bonds is 3. The largest absolute Gasteiger partial charge is 0.460 e. The first-order valence-electron chi connectivity index (χ1n) is 5.30. The van der Waals surface area contributed by atoms with Gasteiger partial charge in [-0.3, -0.25) is 14.9 Å². The molecule has 9 heteroatoms. The lowest BCUT2D eigenvalue weighted by atomic mass is 10.2. The summed E-state index contributed by atoms with van der Waals surface area (Å²) in [4.78, 5) is 39.9. The second-order valence-electron chi connectivity index (χ2n) is 3.60. The summed E-state index contributed by atoms with van der Waals surface area (Å²) in [6.45, 7) is 3.23. The van der Waals surface area contributed by atoms with Crippen LogP contribution in [0.15, 0.2) is 4.79 Å². The number of carbonyl (C=O) groups excluding carboxylic acids is 1. The number of aryl methyl sites for hydroxylation is 1. The van der Waals surface area contributed by atoms with Crippen molar-refractivity contribution < 1.29 is 14.5 Å². The van der Waals surface area contributed by atoms with E-state index in [0.29, 0.717) is 0 Å². The van der Waals surface area contributed by atoms with E-state index < -0.39 is 16.5 Å². The topological polar surface area (TPSA) is 115 Å². The molecule has 0 aromatic carbocycles. The minimum absolute atomic E-state index is 0.129. The molecule has 0 aliphatic heterocycles. The Morgan fingerprint density at radius 2 is 2.26 bits per heavy atom. The van der Waals surface area contributed by atoms with Crippen molar-refractivity contribution in [1.82, 2.24) is 9.97 Å². The zero-order valence-corrected chi connectivity index (χ0v) is 10.9. The lowest BCUT2D eigenvalue weighted by Crippen LogP contribution is -2.17. The third-order valence-electron chi connectivity index (χ3n) is 2.41. The van der Waals surface area contributed by atoms with Crippen molar-refractivity contribution in [2.75, 3.05) is 6.61 Å². The fourth-order valence-corrected chi connectivity index (χ4v) is 2.60. The molecule has 0 aliphatic rings. The van der Waals surface area contributed by atoms with Crippen molar-refractivity contribution in [3.63, 3.8) is 0 Å². The van der Waals surface area contributed by atoms with Gasteiger partial charge in [-0.1, -0.05) is 0 Å². The van der Waals surface area contributed by atoms with Crippen LogP contribution in [0.3, 0.4) is 0 Å². The van der Waals surface area contributed by atoms with Crippen molar-refractivity contribution in [2.24, 2.45) is 0 Å². The molecular formula is C10H9N3O5S. The second-order valence-corrected chi connectivity index (χ2v) is 4.58. The molecule has 2 aromatic rings. The van der Waals surface area contributed by atoms with Crippen molar-refractivity contribution in [3.05, 3.63) is 31.9 Å². The first-order valence-corrected chi connectivity index (χ1v) is 6.12. The minimum atomic E-state index is -0.768. The zero-order chi connectivity index (χ0) is 14.2. The van der Waals surface area contributed by atoms with Gasteiger partial charge in [-0.15, -0.1) is 0 Å². The summed E-state index contributed by atoms with van der Waals surface area (Å²) >= 11 is 0.758. The number of fused-ring (bicyclic) bond motifs is 1. The van der Waals surface area contributed by atoms with E-state index in [-0.39, 0.29) is 33.2 Å². The highest BCUT2D eigenvalue weighted by atomic mass is 32.1. The molecule has 8 nitrogen and oxygen atoms in total. The fourth-order valence-electron chi connectivity index (χ4n) is 1.60. The second kappa shape index (κ2) is 4.76. The van der Waals surface area contributed by atoms with Crippen LogP contribution < -0.4 is 5.56 Å². The Morgan fingerprint density at radius 1 is 1.58 bits per heavy atom. The number of carbonyl (C=O) groups is 1. The Balaban J connectivity index is 2.68. The molecular weight excluding hydrogens is 274 g/mol. The van der Waals surface area contributed by atoms with Gasteiger partial charge in [-0.2, -0.15) is 0 Å². The number of nitrogens with one attached hydrogen (secondary N) is 1. The van der Waals surface area contributed by atoms with E-state index in [1.807, 2.05) is 0 Å². The average Bonchev–Trinajstić information content (AvgIpc) is 2.67. The zero-order valence-electron chi connectivity index (χ0n) is 10.1. The molecule has 1 N–H and O–H groups in total. The van der Waals surface area contributed by atoms with Crippen LogP contribution in [0.5, 0.6) is 0 Å². The van der Waals surface area contributed by atoms with Gasteiger partial charge in [-0.05, 0) is 25.2 Å². The van der Waals surface area contributed by atoms with Crippen LogP contribution >= 0.6 is 11.3 Å². The van der Waals surface area contributed by atoms with E-state index in [4.69, 9.17) is 4.74 Å². The quantitative estimate of drug-likeness (QED) is 0.517. The molecule has 0 unspecified atom stereocenters. The number of ether oxygens (including phenoxy) is 1. The predicted molar refractivity (Wildman–Crippen MR) is 67.6 cm³/mol. The Labute approximate surface area is 110 Å². The van der Waals surface area contributed by atoms with Crippen molar-refractivity contribution in [3.8, 4) is 0 Å². The predicted octanol–water partition coefficient (Wildman–Crippen LogP) is 1.38. The molecule has 0 saturated carbocycles. The lowest BCUT2D eigenvalue weighted by Gasteiger charge is -2.00. The highest BCUT2D eigenvalue weighted by molar-refractivity contribution is 7.21. The number of aromatic nitrogens is 2. The molecule has 100 valence electrons. The molecule has 0 radical (unpaired) electrons. The van der Waals surface area contributed by atoms with E-state index >= 15 is 0 Å². The summed E-state index contributed by atoms with van der Waals surface area (Å²) in [6.07, 6.45) is 0. The fraction of sp³-hybridized carbons (Fsp3) is 0.300. The highest BCUT2D eigenvalue weighted by Gasteiger charge is 2.23. The summed E-state index contributed by atoms with van der Waals surface area (Å²) in [5.74, 6) is -1.02. The molecule has 0 fully saturated rings. The normalized spacial score (nSPS) is 10.6. The van der Waals surface area contributed by atoms with Gasteiger partial charge in [0.1, 0.15) is 4.83 Å². The molecule has 0 bridgehead atoms. The summed E-state index contributed by atoms with van der Waals surface area (Å²) in [5.41, 5.74) is -0.343. The Hall–Kier alpha value is -2.29. The van der Waals surface area contributed by atoms with E-state index in [2.05, 4.69) is 9.97 Å². The first kappa shape index (κ1) is 13.1. The van der Waals surface area contributed by atoms with Gasteiger partial charge in [0, 0.05) is 0 Å². The maximum Gasteiger partial charge on any atom is 0.374 e. The summed E-state index contributed by atoms with van der Waals surface area (Å²) in [7, 11) is 0. The molecule has 0 aliphatic carbocycles. The Bertz CT molecular complexity index is 733. The molecule has 0 amide bonds. The number of nitro groups is 1. The van der Waals surface area contributed by atoms with Gasteiger partial charge in [0.2, 0.25) is 5.82 Å². The Morgan fingerprint density at radius 3 is 2.84 bits per heavy atom. The van der Waals surface area contributed by atoms with E-state index in [1.54, 1.807) is 6.92 Å². The number of hydrogen-bond acceptors (Lipinski definition) is 7. The first-order chi connectivity index (χ1) is 8.95. The third kappa shape index (κ3) is 2.19. The maximum atomic E-state index is 11.8. The van der Waals surface area contributed by atoms with Gasteiger partial charge >= 0.3 is 11.0 Å². The average molecular weight is 283 g/mol. The number of thiophene rings is 1. The van der Waals surface area contributed by atoms with Crippen molar-refractivity contribution >= 4 is 32.5 Å². The minimum Gasteiger partial charge on any atom is -0.460 e. The summed E-state index contributed by atoms with van der Waals surface area (Å²) in [5, 5.41) is 10.8. The molecule has 0 spiro atoms. The monoisotopic (exact) mass is 283 g/mol. The van der Waals surface area contributed by atoms with E-state index in [1.165, 1.54) is 6.92 Å². The van der Waals surface area contributed by atoms with Gasteiger partial charge in [0.15, 0.2) is 0 Å². The lowest BCUT2D eigenvalue weighted by molar-refractivity contribution is -0.380. The van der Waals surface area contributed by atoms with E-state index in [9.17, 15) is 19.7 Å². The van der Waals surface area contributed by atoms with Gasteiger partial charge < -0.3 is 9.72 Å². The SMILES string of the molecule is CCOC(=O)c1nc2sc([N+](=O)[O-])c(C)c2c(=O)[nH]1. The smallest absolute Gasteiger partial charge is 0.374 e. The Kier molecular flexibility index (Phi) is 3.30. The van der Waals surface area contributed by atoms with Crippen molar-refractivity contribution in [2.45, 2.75) is 13.8 Å². The van der Waals surface area contributed by atoms with Crippen LogP contribution in [-0.2, 0) is 4.74 Å². The number of esters is 1. The standard InChI is InChI=1S/C10H9N3O5S/c1-3-18-10(15)6-11-7(14)5-4(2)9(13(16)17)19-8(5)12-6/h3H2,1-2H3,(H,11,12,14). The molecule has 2 rings (SSSR count). The molecule has 0 atom stereocenters. The van der Waals surface area contributed by atoms with Gasteiger partial charge in [0.25, 0.3) is 5.56 Å². The number of H-pyrrole nitrogens is 1. The maximum absolute atomic E-state index is 11.8. The molecule has 2 heterocycles.